The summed E-state index contributed by atoms with van der Waals surface area (Å²) in [7, 11) is 0. The minimum Gasteiger partial charge on any atom is -0.486 e. The van der Waals surface area contributed by atoms with Crippen LogP contribution in [-0.4, -0.2) is 18.2 Å². The van der Waals surface area contributed by atoms with Gasteiger partial charge in [0.2, 0.25) is 0 Å². The average molecular weight is 256 g/mol. The molecule has 1 aromatic carbocycles. The summed E-state index contributed by atoms with van der Waals surface area (Å²) in [6.07, 6.45) is 3.61. The van der Waals surface area contributed by atoms with Crippen molar-refractivity contribution in [3.05, 3.63) is 48.3 Å². The number of nitrogens with zero attached hydrogens (tertiary/aromatic N) is 1. The van der Waals surface area contributed by atoms with E-state index in [1.165, 1.54) is 5.56 Å². The van der Waals surface area contributed by atoms with E-state index in [4.69, 9.17) is 9.47 Å². The van der Waals surface area contributed by atoms with Gasteiger partial charge in [0.25, 0.3) is 0 Å². The van der Waals surface area contributed by atoms with E-state index < -0.39 is 0 Å². The number of benzene rings is 1. The maximum atomic E-state index is 5.58. The van der Waals surface area contributed by atoms with Crippen molar-refractivity contribution in [3.63, 3.8) is 0 Å². The molecule has 0 bridgehead atoms. The number of aromatic nitrogens is 1. The fraction of sp³-hybridized carbons (Fsp3) is 0.267. The van der Waals surface area contributed by atoms with Crippen molar-refractivity contribution in [1.29, 1.82) is 0 Å². The highest BCUT2D eigenvalue weighted by Gasteiger charge is 2.12. The first-order valence-electron chi connectivity index (χ1n) is 6.39. The van der Waals surface area contributed by atoms with Gasteiger partial charge in [0.05, 0.1) is 0 Å². The average Bonchev–Trinajstić information content (AvgIpc) is 2.48. The van der Waals surface area contributed by atoms with Crippen molar-refractivity contribution in [2.45, 2.75) is 13.0 Å². The molecule has 98 valence electrons. The quantitative estimate of drug-likeness (QED) is 0.916. The minimum absolute atomic E-state index is 0.213. The van der Waals surface area contributed by atoms with Crippen LogP contribution in [0.25, 0.3) is 0 Å². The molecule has 2 heterocycles. The second-order valence-corrected chi connectivity index (χ2v) is 4.51. The Morgan fingerprint density at radius 3 is 2.58 bits per heavy atom. The van der Waals surface area contributed by atoms with E-state index in [1.807, 2.05) is 30.3 Å². The molecule has 1 N–H and O–H groups in total. The first-order chi connectivity index (χ1) is 9.33. The van der Waals surface area contributed by atoms with Gasteiger partial charge in [0.15, 0.2) is 11.5 Å². The molecule has 0 spiro atoms. The lowest BCUT2D eigenvalue weighted by molar-refractivity contribution is 0.171. The van der Waals surface area contributed by atoms with E-state index in [9.17, 15) is 0 Å². The van der Waals surface area contributed by atoms with Gasteiger partial charge >= 0.3 is 0 Å². The zero-order valence-corrected chi connectivity index (χ0v) is 10.8. The fourth-order valence-corrected chi connectivity index (χ4v) is 2.12. The van der Waals surface area contributed by atoms with Gasteiger partial charge in [-0.2, -0.15) is 0 Å². The summed E-state index contributed by atoms with van der Waals surface area (Å²) >= 11 is 0. The van der Waals surface area contributed by atoms with E-state index in [0.29, 0.717) is 13.2 Å². The number of pyridine rings is 1. The molecule has 0 saturated heterocycles. The molecule has 4 heteroatoms. The Morgan fingerprint density at radius 1 is 1.05 bits per heavy atom. The van der Waals surface area contributed by atoms with Gasteiger partial charge in [0, 0.05) is 30.2 Å². The number of rotatable bonds is 3. The molecule has 4 nitrogen and oxygen atoms in total. The van der Waals surface area contributed by atoms with Crippen LogP contribution >= 0.6 is 0 Å². The monoisotopic (exact) mass is 256 g/mol. The third kappa shape index (κ3) is 2.62. The molecular weight excluding hydrogens is 240 g/mol. The molecule has 0 saturated carbocycles. The van der Waals surface area contributed by atoms with Crippen molar-refractivity contribution in [2.75, 3.05) is 18.5 Å². The third-order valence-electron chi connectivity index (χ3n) is 3.13. The van der Waals surface area contributed by atoms with Gasteiger partial charge in [-0.05, 0) is 36.8 Å². The Labute approximate surface area is 112 Å². The molecule has 1 aliphatic rings. The maximum Gasteiger partial charge on any atom is 0.163 e. The second-order valence-electron chi connectivity index (χ2n) is 4.51. The van der Waals surface area contributed by atoms with E-state index in [0.717, 1.165) is 17.2 Å². The van der Waals surface area contributed by atoms with Gasteiger partial charge < -0.3 is 14.8 Å². The number of hydrogen-bond donors (Lipinski definition) is 1. The van der Waals surface area contributed by atoms with E-state index in [1.54, 1.807) is 12.4 Å². The Kier molecular flexibility index (Phi) is 3.23. The van der Waals surface area contributed by atoms with Gasteiger partial charge in [0.1, 0.15) is 13.2 Å². The summed E-state index contributed by atoms with van der Waals surface area (Å²) in [5, 5.41) is 3.44. The Hall–Kier alpha value is -2.23. The van der Waals surface area contributed by atoms with Gasteiger partial charge in [-0.15, -0.1) is 0 Å². The second kappa shape index (κ2) is 5.18. The highest BCUT2D eigenvalue weighted by atomic mass is 16.6. The third-order valence-corrected chi connectivity index (χ3v) is 3.13. The molecular formula is C15H16N2O2. The Bertz CT molecular complexity index is 557. The van der Waals surface area contributed by atoms with Crippen LogP contribution in [0.3, 0.4) is 0 Å². The van der Waals surface area contributed by atoms with Crippen molar-refractivity contribution in [2.24, 2.45) is 0 Å². The van der Waals surface area contributed by atoms with Crippen LogP contribution < -0.4 is 14.8 Å². The molecule has 3 rings (SSSR count). The molecule has 2 aromatic rings. The molecule has 1 aromatic heterocycles. The topological polar surface area (TPSA) is 43.4 Å². The van der Waals surface area contributed by atoms with Crippen LogP contribution in [0.1, 0.15) is 18.5 Å². The summed E-state index contributed by atoms with van der Waals surface area (Å²) in [6.45, 7) is 3.34. The van der Waals surface area contributed by atoms with E-state index in [2.05, 4.69) is 17.2 Å². The lowest BCUT2D eigenvalue weighted by atomic mass is 10.1. The van der Waals surface area contributed by atoms with Crippen LogP contribution in [0.4, 0.5) is 5.69 Å². The number of fused-ring (bicyclic) bond motifs is 1. The predicted octanol–water partition coefficient (Wildman–Crippen LogP) is 3.03. The van der Waals surface area contributed by atoms with Crippen molar-refractivity contribution < 1.29 is 9.47 Å². The Balaban J connectivity index is 1.76. The standard InChI is InChI=1S/C15H16N2O2/c1-11(12-4-6-16-7-5-12)17-13-2-3-14-15(10-13)19-9-8-18-14/h2-7,10-11,17H,8-9H2,1H3. The zero-order chi connectivity index (χ0) is 13.1. The van der Waals surface area contributed by atoms with Gasteiger partial charge in [-0.25, -0.2) is 0 Å². The van der Waals surface area contributed by atoms with Crippen molar-refractivity contribution in [1.82, 2.24) is 4.98 Å². The lowest BCUT2D eigenvalue weighted by Crippen LogP contribution is -2.15. The van der Waals surface area contributed by atoms with Crippen LogP contribution in [0.15, 0.2) is 42.7 Å². The van der Waals surface area contributed by atoms with E-state index >= 15 is 0 Å². The highest BCUT2D eigenvalue weighted by Crippen LogP contribution is 2.33. The molecule has 19 heavy (non-hydrogen) atoms. The van der Waals surface area contributed by atoms with E-state index in [-0.39, 0.29) is 6.04 Å². The summed E-state index contributed by atoms with van der Waals surface area (Å²) in [4.78, 5) is 4.03. The number of ether oxygens (including phenoxy) is 2. The normalized spacial score (nSPS) is 14.8. The molecule has 1 atom stereocenters. The predicted molar refractivity (Wildman–Crippen MR) is 73.7 cm³/mol. The lowest BCUT2D eigenvalue weighted by Gasteiger charge is -2.21. The molecule has 0 aliphatic carbocycles. The first-order valence-corrected chi connectivity index (χ1v) is 6.39. The smallest absolute Gasteiger partial charge is 0.163 e. The number of nitrogens with one attached hydrogen (secondary N) is 1. The fourth-order valence-electron chi connectivity index (χ4n) is 2.12. The van der Waals surface area contributed by atoms with Gasteiger partial charge in [-0.1, -0.05) is 0 Å². The van der Waals surface area contributed by atoms with Crippen LogP contribution in [-0.2, 0) is 0 Å². The van der Waals surface area contributed by atoms with Crippen LogP contribution in [0.5, 0.6) is 11.5 Å². The molecule has 0 amide bonds. The molecule has 0 fully saturated rings. The largest absolute Gasteiger partial charge is 0.486 e. The summed E-state index contributed by atoms with van der Waals surface area (Å²) in [6, 6.07) is 10.2. The number of hydrogen-bond acceptors (Lipinski definition) is 4. The summed E-state index contributed by atoms with van der Waals surface area (Å²) in [5.74, 6) is 1.62. The SMILES string of the molecule is CC(Nc1ccc2c(c1)OCCO2)c1ccncc1. The zero-order valence-electron chi connectivity index (χ0n) is 10.8. The van der Waals surface area contributed by atoms with Crippen LogP contribution in [0, 0.1) is 0 Å². The number of anilines is 1. The highest BCUT2D eigenvalue weighted by molar-refractivity contribution is 5.56. The summed E-state index contributed by atoms with van der Waals surface area (Å²) in [5.41, 5.74) is 2.22. The molecule has 1 unspecified atom stereocenters. The van der Waals surface area contributed by atoms with Crippen molar-refractivity contribution >= 4 is 5.69 Å². The summed E-state index contributed by atoms with van der Waals surface area (Å²) < 4.78 is 11.1. The maximum absolute atomic E-state index is 5.58. The first kappa shape index (κ1) is 11.8. The van der Waals surface area contributed by atoms with Crippen LogP contribution in [0.2, 0.25) is 0 Å². The minimum atomic E-state index is 0.213. The molecule has 0 radical (unpaired) electrons. The Morgan fingerprint density at radius 2 is 1.79 bits per heavy atom. The van der Waals surface area contributed by atoms with Gasteiger partial charge in [-0.3, -0.25) is 4.98 Å². The van der Waals surface area contributed by atoms with Crippen molar-refractivity contribution in [3.8, 4) is 11.5 Å². The molecule has 1 aliphatic heterocycles.